The van der Waals surface area contributed by atoms with Crippen LogP contribution in [0.25, 0.3) is 10.9 Å². The van der Waals surface area contributed by atoms with Gasteiger partial charge in [-0.2, -0.15) is 0 Å². The first-order chi connectivity index (χ1) is 17.9. The van der Waals surface area contributed by atoms with Crippen molar-refractivity contribution < 1.29 is 15.1 Å². The molecule has 0 bridgehead atoms. The van der Waals surface area contributed by atoms with E-state index in [4.69, 9.17) is 16.7 Å². The molecule has 4 aromatic rings. The summed E-state index contributed by atoms with van der Waals surface area (Å²) in [5.41, 5.74) is 16.6. The number of aromatic nitrogens is 1. The molecule has 1 atom stereocenters. The van der Waals surface area contributed by atoms with Crippen molar-refractivity contribution in [1.29, 1.82) is 0 Å². The van der Waals surface area contributed by atoms with Gasteiger partial charge >= 0.3 is 0 Å². The molecule has 1 aromatic heterocycles. The number of nitrogens with zero attached hydrogens (tertiary/aromatic N) is 3. The molecule has 3 aromatic carbocycles. The molecule has 1 unspecified atom stereocenters. The van der Waals surface area contributed by atoms with Gasteiger partial charge in [0.2, 0.25) is 5.91 Å². The Kier molecular flexibility index (Phi) is 6.70. The van der Waals surface area contributed by atoms with Crippen LogP contribution in [-0.4, -0.2) is 39.7 Å². The molecule has 0 aliphatic carbocycles. The number of oxime groups is 1. The average Bonchev–Trinajstić information content (AvgIpc) is 3.57. The first-order valence-corrected chi connectivity index (χ1v) is 12.2. The first kappa shape index (κ1) is 24.2. The second kappa shape index (κ2) is 10.2. The van der Waals surface area contributed by atoms with Crippen molar-refractivity contribution in [2.24, 2.45) is 16.6 Å². The van der Waals surface area contributed by atoms with Gasteiger partial charge < -0.3 is 36.6 Å². The van der Waals surface area contributed by atoms with E-state index < -0.39 is 12.1 Å². The van der Waals surface area contributed by atoms with E-state index in [0.29, 0.717) is 23.4 Å². The van der Waals surface area contributed by atoms with Gasteiger partial charge in [0.1, 0.15) is 0 Å². The third kappa shape index (κ3) is 5.07. The Labute approximate surface area is 214 Å². The van der Waals surface area contributed by atoms with E-state index in [1.165, 1.54) is 18.5 Å². The van der Waals surface area contributed by atoms with E-state index in [9.17, 15) is 9.90 Å². The number of amidine groups is 1. The molecule has 5 rings (SSSR count). The number of nitrogens with one attached hydrogen (secondary N) is 1. The van der Waals surface area contributed by atoms with Crippen LogP contribution in [0.2, 0.25) is 0 Å². The molecule has 1 aliphatic heterocycles. The summed E-state index contributed by atoms with van der Waals surface area (Å²) < 4.78 is 1.97. The summed E-state index contributed by atoms with van der Waals surface area (Å²) in [5, 5.41) is 27.6. The SMILES string of the molecule is NC(=O)c1ccc(Cn2c(C(O)Nc3ccc(N4CCCC4)cc3)cc3ccc(/C(N)=N/O)cc32)cc1. The standard InChI is InChI=1S/C28H30N6O3/c29-26(32-37)21-8-7-20-15-25(28(36)31-22-9-11-23(12-10-22)33-13-1-2-14-33)34(24(20)16-21)17-18-3-5-19(6-4-18)27(30)35/h3-12,15-16,28,31,36-37H,1-2,13-14,17H2,(H2,29,32)(H2,30,35). The minimum absolute atomic E-state index is 0.00113. The normalized spacial score (nSPS) is 14.7. The summed E-state index contributed by atoms with van der Waals surface area (Å²) in [7, 11) is 0. The molecule has 1 aliphatic rings. The molecule has 0 spiro atoms. The number of carbonyl (C=O) groups excluding carboxylic acids is 1. The predicted octanol–water partition coefficient (Wildman–Crippen LogP) is 3.59. The minimum Gasteiger partial charge on any atom is -0.409 e. The molecular formula is C28H30N6O3. The van der Waals surface area contributed by atoms with Crippen LogP contribution in [0.5, 0.6) is 0 Å². The van der Waals surface area contributed by atoms with Crippen LogP contribution in [0.15, 0.2) is 78.0 Å². The molecule has 2 heterocycles. The second-order valence-corrected chi connectivity index (χ2v) is 9.26. The summed E-state index contributed by atoms with van der Waals surface area (Å²) in [6, 6.07) is 22.5. The maximum absolute atomic E-state index is 11.5. The number of amides is 1. The summed E-state index contributed by atoms with van der Waals surface area (Å²) in [6.07, 6.45) is 1.43. The average molecular weight is 499 g/mol. The molecule has 9 nitrogen and oxygen atoms in total. The number of nitrogens with two attached hydrogens (primary N) is 2. The lowest BCUT2D eigenvalue weighted by molar-refractivity contribution is 0.1000. The zero-order valence-corrected chi connectivity index (χ0v) is 20.3. The van der Waals surface area contributed by atoms with Crippen molar-refractivity contribution in [3.8, 4) is 0 Å². The number of aliphatic hydroxyl groups is 1. The summed E-state index contributed by atoms with van der Waals surface area (Å²) in [6.45, 7) is 2.57. The van der Waals surface area contributed by atoms with E-state index in [0.717, 1.165) is 35.2 Å². The first-order valence-electron chi connectivity index (χ1n) is 12.2. The Morgan fingerprint density at radius 1 is 0.946 bits per heavy atom. The van der Waals surface area contributed by atoms with Crippen LogP contribution in [0.1, 0.15) is 46.2 Å². The van der Waals surface area contributed by atoms with Gasteiger partial charge in [0.15, 0.2) is 12.1 Å². The predicted molar refractivity (Wildman–Crippen MR) is 145 cm³/mol. The summed E-state index contributed by atoms with van der Waals surface area (Å²) in [5.74, 6) is -0.490. The lowest BCUT2D eigenvalue weighted by atomic mass is 10.1. The monoisotopic (exact) mass is 498 g/mol. The summed E-state index contributed by atoms with van der Waals surface area (Å²) >= 11 is 0. The van der Waals surface area contributed by atoms with Crippen LogP contribution >= 0.6 is 0 Å². The van der Waals surface area contributed by atoms with Gasteiger partial charge in [-0.15, -0.1) is 0 Å². The highest BCUT2D eigenvalue weighted by Gasteiger charge is 2.19. The minimum atomic E-state index is -0.998. The molecule has 0 radical (unpaired) electrons. The molecule has 9 heteroatoms. The number of hydrogen-bond donors (Lipinski definition) is 5. The highest BCUT2D eigenvalue weighted by atomic mass is 16.4. The van der Waals surface area contributed by atoms with Crippen LogP contribution in [0.3, 0.4) is 0 Å². The van der Waals surface area contributed by atoms with Gasteiger partial charge in [-0.1, -0.05) is 29.4 Å². The molecular weight excluding hydrogens is 468 g/mol. The van der Waals surface area contributed by atoms with E-state index in [2.05, 4.69) is 27.5 Å². The highest BCUT2D eigenvalue weighted by molar-refractivity contribution is 6.00. The summed E-state index contributed by atoms with van der Waals surface area (Å²) in [4.78, 5) is 13.8. The van der Waals surface area contributed by atoms with Crippen molar-refractivity contribution in [2.75, 3.05) is 23.3 Å². The third-order valence-electron chi connectivity index (χ3n) is 6.84. The van der Waals surface area contributed by atoms with Gasteiger partial charge in [0.05, 0.1) is 5.69 Å². The number of benzene rings is 3. The highest BCUT2D eigenvalue weighted by Crippen LogP contribution is 2.29. The Balaban J connectivity index is 1.47. The van der Waals surface area contributed by atoms with Gasteiger partial charge in [-0.25, -0.2) is 0 Å². The Morgan fingerprint density at radius 2 is 1.62 bits per heavy atom. The molecule has 0 saturated carbocycles. The third-order valence-corrected chi connectivity index (χ3v) is 6.84. The largest absolute Gasteiger partial charge is 0.409 e. The maximum Gasteiger partial charge on any atom is 0.248 e. The molecule has 37 heavy (non-hydrogen) atoms. The fourth-order valence-electron chi connectivity index (χ4n) is 4.83. The van der Waals surface area contributed by atoms with Gasteiger partial charge in [-0.05, 0) is 66.9 Å². The Bertz CT molecular complexity index is 1440. The van der Waals surface area contributed by atoms with Gasteiger partial charge in [0.25, 0.3) is 0 Å². The number of anilines is 2. The topological polar surface area (TPSA) is 142 Å². The fourth-order valence-corrected chi connectivity index (χ4v) is 4.83. The molecule has 1 fully saturated rings. The van der Waals surface area contributed by atoms with Gasteiger partial charge in [-0.3, -0.25) is 4.79 Å². The van der Waals surface area contributed by atoms with E-state index in [-0.39, 0.29) is 5.84 Å². The molecule has 1 amide bonds. The maximum atomic E-state index is 11.5. The lowest BCUT2D eigenvalue weighted by Crippen LogP contribution is -2.18. The van der Waals surface area contributed by atoms with Crippen molar-refractivity contribution >= 4 is 34.0 Å². The molecule has 1 saturated heterocycles. The fraction of sp³-hybridized carbons (Fsp3) is 0.214. The van der Waals surface area contributed by atoms with Crippen LogP contribution < -0.4 is 21.7 Å². The van der Waals surface area contributed by atoms with Crippen LogP contribution in [0.4, 0.5) is 11.4 Å². The van der Waals surface area contributed by atoms with Crippen molar-refractivity contribution in [3.63, 3.8) is 0 Å². The number of fused-ring (bicyclic) bond motifs is 1. The van der Waals surface area contributed by atoms with Crippen molar-refractivity contribution in [2.45, 2.75) is 25.6 Å². The van der Waals surface area contributed by atoms with E-state index in [1.807, 2.05) is 47.0 Å². The quantitative estimate of drug-likeness (QED) is 0.0826. The zero-order valence-electron chi connectivity index (χ0n) is 20.3. The van der Waals surface area contributed by atoms with Crippen molar-refractivity contribution in [1.82, 2.24) is 4.57 Å². The lowest BCUT2D eigenvalue weighted by Gasteiger charge is -2.20. The Morgan fingerprint density at radius 3 is 2.27 bits per heavy atom. The number of aliphatic hydroxyl groups excluding tert-OH is 1. The van der Waals surface area contributed by atoms with Gasteiger partial charge in [0, 0.05) is 53.0 Å². The van der Waals surface area contributed by atoms with E-state index >= 15 is 0 Å². The number of rotatable bonds is 8. The molecule has 7 N–H and O–H groups in total. The molecule has 190 valence electrons. The van der Waals surface area contributed by atoms with E-state index in [1.54, 1.807) is 18.2 Å². The second-order valence-electron chi connectivity index (χ2n) is 9.26. The van der Waals surface area contributed by atoms with Crippen LogP contribution in [0, 0.1) is 0 Å². The van der Waals surface area contributed by atoms with Crippen molar-refractivity contribution in [3.05, 3.63) is 95.2 Å². The zero-order chi connectivity index (χ0) is 25.9. The Hall–Kier alpha value is -4.50. The van der Waals surface area contributed by atoms with Crippen LogP contribution in [-0.2, 0) is 6.54 Å². The smallest absolute Gasteiger partial charge is 0.248 e. The number of hydrogen-bond acceptors (Lipinski definition) is 6. The number of primary amides is 1. The number of carbonyl (C=O) groups is 1.